The molecular weight excluding hydrogens is 710 g/mol. The molecule has 10 heteroatoms. The zero-order chi connectivity index (χ0) is 39.4. The molecule has 0 aliphatic rings. The average Bonchev–Trinajstić information content (AvgIpc) is 3.57. The van der Waals surface area contributed by atoms with Gasteiger partial charge in [0.1, 0.15) is 35.2 Å². The SMILES string of the molecule is CCCCn1c(-c2ccc(OCCc3ccc(Cl)cc3)cc2OCCN(CC)CC)nc2c(OCCCN(CC)CC)cc(OCCCN(CC)CC)cc21. The minimum absolute atomic E-state index is 0.543. The molecule has 0 atom stereocenters. The number of nitrogens with zero attached hydrogens (tertiary/aromatic N) is 5. The van der Waals surface area contributed by atoms with Gasteiger partial charge in [0, 0.05) is 55.8 Å². The number of rotatable bonds is 28. The normalized spacial score (nSPS) is 11.7. The third-order valence-corrected chi connectivity index (χ3v) is 10.7. The van der Waals surface area contributed by atoms with E-state index < -0.39 is 0 Å². The summed E-state index contributed by atoms with van der Waals surface area (Å²) in [5.74, 6) is 3.97. The van der Waals surface area contributed by atoms with Gasteiger partial charge in [-0.25, -0.2) is 4.98 Å². The summed E-state index contributed by atoms with van der Waals surface area (Å²) >= 11 is 6.11. The quantitative estimate of drug-likeness (QED) is 0.0529. The van der Waals surface area contributed by atoms with E-state index in [1.54, 1.807) is 0 Å². The predicted molar refractivity (Wildman–Crippen MR) is 230 cm³/mol. The minimum atomic E-state index is 0.543. The Balaban J connectivity index is 1.71. The van der Waals surface area contributed by atoms with Gasteiger partial charge in [-0.15, -0.1) is 0 Å². The molecule has 0 saturated heterocycles. The highest BCUT2D eigenvalue weighted by Crippen LogP contribution is 2.39. The van der Waals surface area contributed by atoms with E-state index in [9.17, 15) is 0 Å². The Labute approximate surface area is 336 Å². The first kappa shape index (κ1) is 44.2. The Morgan fingerprint density at radius 3 is 1.80 bits per heavy atom. The molecule has 3 aromatic carbocycles. The topological polar surface area (TPSA) is 64.5 Å². The molecular formula is C45H68ClN5O4. The lowest BCUT2D eigenvalue weighted by Gasteiger charge is -2.20. The molecule has 0 fully saturated rings. The van der Waals surface area contributed by atoms with Crippen molar-refractivity contribution in [2.24, 2.45) is 0 Å². The maximum atomic E-state index is 6.63. The molecule has 4 rings (SSSR count). The van der Waals surface area contributed by atoms with E-state index >= 15 is 0 Å². The number of imidazole rings is 1. The molecule has 55 heavy (non-hydrogen) atoms. The molecule has 0 amide bonds. The van der Waals surface area contributed by atoms with E-state index in [0.717, 1.165) is 148 Å². The van der Waals surface area contributed by atoms with Crippen molar-refractivity contribution in [1.29, 1.82) is 0 Å². The lowest BCUT2D eigenvalue weighted by molar-refractivity contribution is 0.222. The van der Waals surface area contributed by atoms with Gasteiger partial charge < -0.3 is 38.2 Å². The van der Waals surface area contributed by atoms with E-state index in [4.69, 9.17) is 35.5 Å². The Morgan fingerprint density at radius 1 is 0.582 bits per heavy atom. The molecule has 0 unspecified atom stereocenters. The van der Waals surface area contributed by atoms with Crippen LogP contribution in [0, 0.1) is 0 Å². The van der Waals surface area contributed by atoms with Crippen LogP contribution < -0.4 is 18.9 Å². The van der Waals surface area contributed by atoms with Crippen molar-refractivity contribution in [2.45, 2.75) is 87.1 Å². The van der Waals surface area contributed by atoms with Gasteiger partial charge in [0.05, 0.1) is 30.9 Å². The highest BCUT2D eigenvalue weighted by Gasteiger charge is 2.22. The third-order valence-electron chi connectivity index (χ3n) is 10.4. The first-order valence-electron chi connectivity index (χ1n) is 21.0. The molecule has 304 valence electrons. The van der Waals surface area contributed by atoms with Gasteiger partial charge in [-0.1, -0.05) is 78.6 Å². The number of benzene rings is 3. The Morgan fingerprint density at radius 2 is 1.16 bits per heavy atom. The molecule has 4 aromatic rings. The van der Waals surface area contributed by atoms with Gasteiger partial charge in [0.15, 0.2) is 5.75 Å². The lowest BCUT2D eigenvalue weighted by atomic mass is 10.1. The van der Waals surface area contributed by atoms with E-state index in [-0.39, 0.29) is 0 Å². The van der Waals surface area contributed by atoms with Crippen molar-refractivity contribution in [3.05, 3.63) is 65.2 Å². The Hall–Kier alpha value is -3.50. The average molecular weight is 779 g/mol. The van der Waals surface area contributed by atoms with Crippen LogP contribution in [0.25, 0.3) is 22.4 Å². The molecule has 0 N–H and O–H groups in total. The fourth-order valence-corrected chi connectivity index (χ4v) is 6.92. The number of unbranched alkanes of at least 4 members (excludes halogenated alkanes) is 1. The number of hydrogen-bond donors (Lipinski definition) is 0. The lowest BCUT2D eigenvalue weighted by Crippen LogP contribution is -2.28. The van der Waals surface area contributed by atoms with E-state index in [2.05, 4.69) is 79.9 Å². The van der Waals surface area contributed by atoms with E-state index in [1.807, 2.05) is 42.5 Å². The molecule has 0 bridgehead atoms. The largest absolute Gasteiger partial charge is 0.493 e. The van der Waals surface area contributed by atoms with Crippen molar-refractivity contribution in [3.63, 3.8) is 0 Å². The van der Waals surface area contributed by atoms with Crippen LogP contribution in [0.2, 0.25) is 5.02 Å². The van der Waals surface area contributed by atoms with Crippen LogP contribution >= 0.6 is 11.6 Å². The number of ether oxygens (including phenoxy) is 4. The standard InChI is InChI=1S/C45H68ClN5O4/c1-8-15-27-51-41-33-39(52-29-16-25-48(9-2)10-3)35-43(54-30-17-26-49(11-4)12-5)44(41)47-45(51)40-23-22-38(34-42(40)55-32-28-50(13-6)14-7)53-31-24-36-18-20-37(46)21-19-36/h18-23,33-35H,8-17,24-32H2,1-7H3. The highest BCUT2D eigenvalue weighted by atomic mass is 35.5. The van der Waals surface area contributed by atoms with Crippen LogP contribution in [0.15, 0.2) is 54.6 Å². The number of halogens is 1. The van der Waals surface area contributed by atoms with E-state index in [0.29, 0.717) is 26.4 Å². The van der Waals surface area contributed by atoms with Crippen LogP contribution in [-0.2, 0) is 13.0 Å². The second-order valence-corrected chi connectivity index (χ2v) is 14.4. The van der Waals surface area contributed by atoms with Crippen LogP contribution in [0.3, 0.4) is 0 Å². The molecule has 0 aliphatic carbocycles. The molecule has 9 nitrogen and oxygen atoms in total. The summed E-state index contributed by atoms with van der Waals surface area (Å²) in [4.78, 5) is 12.6. The molecule has 0 saturated carbocycles. The maximum absolute atomic E-state index is 6.63. The molecule has 0 aliphatic heterocycles. The van der Waals surface area contributed by atoms with Crippen LogP contribution in [0.4, 0.5) is 0 Å². The maximum Gasteiger partial charge on any atom is 0.150 e. The summed E-state index contributed by atoms with van der Waals surface area (Å²) in [5.41, 5.74) is 3.98. The summed E-state index contributed by atoms with van der Waals surface area (Å²) < 4.78 is 28.3. The number of hydrogen-bond acceptors (Lipinski definition) is 8. The second kappa shape index (κ2) is 24.2. The zero-order valence-electron chi connectivity index (χ0n) is 34.9. The molecule has 1 aromatic heterocycles. The summed E-state index contributed by atoms with van der Waals surface area (Å²) in [7, 11) is 0. The summed E-state index contributed by atoms with van der Waals surface area (Å²) in [6.07, 6.45) is 4.75. The van der Waals surface area contributed by atoms with Crippen LogP contribution in [0.5, 0.6) is 23.0 Å². The Kier molecular flexibility index (Phi) is 19.5. The van der Waals surface area contributed by atoms with Gasteiger partial charge in [-0.05, 0) is 88.4 Å². The number of fused-ring (bicyclic) bond motifs is 1. The fourth-order valence-electron chi connectivity index (χ4n) is 6.80. The van der Waals surface area contributed by atoms with Gasteiger partial charge in [0.2, 0.25) is 0 Å². The molecule has 1 heterocycles. The van der Waals surface area contributed by atoms with Crippen molar-refractivity contribution >= 4 is 22.6 Å². The van der Waals surface area contributed by atoms with Gasteiger partial charge in [-0.2, -0.15) is 0 Å². The zero-order valence-corrected chi connectivity index (χ0v) is 35.6. The molecule has 0 spiro atoms. The van der Waals surface area contributed by atoms with Crippen molar-refractivity contribution in [1.82, 2.24) is 24.3 Å². The predicted octanol–water partition coefficient (Wildman–Crippen LogP) is 9.72. The number of aromatic nitrogens is 2. The summed E-state index contributed by atoms with van der Waals surface area (Å²) in [6, 6.07) is 18.3. The van der Waals surface area contributed by atoms with Gasteiger partial charge in [0.25, 0.3) is 0 Å². The van der Waals surface area contributed by atoms with E-state index in [1.165, 1.54) is 5.56 Å². The van der Waals surface area contributed by atoms with Crippen LogP contribution in [0.1, 0.15) is 79.7 Å². The minimum Gasteiger partial charge on any atom is -0.493 e. The van der Waals surface area contributed by atoms with Gasteiger partial charge >= 0.3 is 0 Å². The number of aryl methyl sites for hydroxylation is 1. The van der Waals surface area contributed by atoms with Crippen molar-refractivity contribution in [3.8, 4) is 34.4 Å². The van der Waals surface area contributed by atoms with Crippen LogP contribution in [-0.4, -0.2) is 110 Å². The first-order valence-corrected chi connectivity index (χ1v) is 21.4. The van der Waals surface area contributed by atoms with Crippen molar-refractivity contribution in [2.75, 3.05) is 85.3 Å². The van der Waals surface area contributed by atoms with Gasteiger partial charge in [-0.3, -0.25) is 0 Å². The number of likely N-dealkylation sites (N-methyl/N-ethyl adjacent to an activating group) is 1. The second-order valence-electron chi connectivity index (χ2n) is 13.9. The fraction of sp³-hybridized carbons (Fsp3) is 0.578. The van der Waals surface area contributed by atoms with Crippen molar-refractivity contribution < 1.29 is 18.9 Å². The Bertz CT molecular complexity index is 1670. The monoisotopic (exact) mass is 777 g/mol. The summed E-state index contributed by atoms with van der Waals surface area (Å²) in [5, 5.41) is 0.736. The molecule has 0 radical (unpaired) electrons. The smallest absolute Gasteiger partial charge is 0.150 e. The summed E-state index contributed by atoms with van der Waals surface area (Å²) in [6.45, 7) is 27.6. The highest BCUT2D eigenvalue weighted by molar-refractivity contribution is 6.30. The first-order chi connectivity index (χ1) is 26.9. The third kappa shape index (κ3) is 13.6.